The van der Waals surface area contributed by atoms with E-state index in [1.165, 1.54) is 0 Å². The number of aromatic nitrogens is 2. The third-order valence-electron chi connectivity index (χ3n) is 3.90. The largest absolute Gasteiger partial charge is 0.345 e. The average molecular weight is 327 g/mol. The van der Waals surface area contributed by atoms with Gasteiger partial charge in [-0.3, -0.25) is 14.3 Å². The highest BCUT2D eigenvalue weighted by atomic mass is 16.2. The Kier molecular flexibility index (Phi) is 5.22. The molecule has 1 aromatic carbocycles. The SMILES string of the molecule is Cc1cc(C)n(Cc2ccc(C(=O)NCC(=O)C(C)(C)C)cc2)n1. The minimum Gasteiger partial charge on any atom is -0.345 e. The normalized spacial score (nSPS) is 11.4. The van der Waals surface area contributed by atoms with E-state index in [9.17, 15) is 9.59 Å². The molecule has 24 heavy (non-hydrogen) atoms. The molecule has 0 saturated heterocycles. The molecule has 0 radical (unpaired) electrons. The molecule has 5 heteroatoms. The summed E-state index contributed by atoms with van der Waals surface area (Å²) in [6.07, 6.45) is 0. The molecular weight excluding hydrogens is 302 g/mol. The Morgan fingerprint density at radius 1 is 1.12 bits per heavy atom. The molecule has 0 aliphatic heterocycles. The van der Waals surface area contributed by atoms with Crippen LogP contribution in [0, 0.1) is 19.3 Å². The van der Waals surface area contributed by atoms with Gasteiger partial charge in [-0.2, -0.15) is 5.10 Å². The summed E-state index contributed by atoms with van der Waals surface area (Å²) < 4.78 is 1.94. The van der Waals surface area contributed by atoms with Gasteiger partial charge in [-0.25, -0.2) is 0 Å². The van der Waals surface area contributed by atoms with Crippen LogP contribution >= 0.6 is 0 Å². The number of Topliss-reactive ketones (excluding diaryl/α,β-unsaturated/α-hetero) is 1. The smallest absolute Gasteiger partial charge is 0.251 e. The van der Waals surface area contributed by atoms with Gasteiger partial charge in [-0.05, 0) is 37.6 Å². The summed E-state index contributed by atoms with van der Waals surface area (Å²) in [5, 5.41) is 7.12. The Labute approximate surface area is 143 Å². The van der Waals surface area contributed by atoms with Gasteiger partial charge in [0.15, 0.2) is 5.78 Å². The molecule has 0 aliphatic carbocycles. The minimum atomic E-state index is -0.448. The number of benzene rings is 1. The summed E-state index contributed by atoms with van der Waals surface area (Å²) in [5.41, 5.74) is 3.27. The van der Waals surface area contributed by atoms with Gasteiger partial charge in [-0.15, -0.1) is 0 Å². The summed E-state index contributed by atoms with van der Waals surface area (Å²) >= 11 is 0. The van der Waals surface area contributed by atoms with Gasteiger partial charge >= 0.3 is 0 Å². The zero-order valence-corrected chi connectivity index (χ0v) is 15.0. The summed E-state index contributed by atoms with van der Waals surface area (Å²) in [5.74, 6) is -0.220. The Hall–Kier alpha value is -2.43. The van der Waals surface area contributed by atoms with E-state index in [1.54, 1.807) is 12.1 Å². The summed E-state index contributed by atoms with van der Waals surface area (Å²) in [6, 6.07) is 9.41. The molecule has 1 aromatic heterocycles. The molecule has 0 aliphatic rings. The molecule has 1 amide bonds. The van der Waals surface area contributed by atoms with Gasteiger partial charge in [0.2, 0.25) is 0 Å². The molecule has 0 saturated carbocycles. The highest BCUT2D eigenvalue weighted by Gasteiger charge is 2.21. The Morgan fingerprint density at radius 3 is 2.25 bits per heavy atom. The predicted octanol–water partition coefficient (Wildman–Crippen LogP) is 2.89. The van der Waals surface area contributed by atoms with E-state index in [2.05, 4.69) is 10.4 Å². The second-order valence-corrected chi connectivity index (χ2v) is 7.14. The highest BCUT2D eigenvalue weighted by molar-refractivity contribution is 5.97. The Morgan fingerprint density at radius 2 is 1.75 bits per heavy atom. The average Bonchev–Trinajstić information content (AvgIpc) is 2.82. The van der Waals surface area contributed by atoms with E-state index in [1.807, 2.05) is 57.5 Å². The van der Waals surface area contributed by atoms with Crippen molar-refractivity contribution in [1.82, 2.24) is 15.1 Å². The molecule has 0 fully saturated rings. The Balaban J connectivity index is 1.97. The number of amides is 1. The number of nitrogens with zero attached hydrogens (tertiary/aromatic N) is 2. The number of hydrogen-bond donors (Lipinski definition) is 1. The first-order valence-electron chi connectivity index (χ1n) is 8.08. The van der Waals surface area contributed by atoms with Crippen molar-refractivity contribution in [3.05, 3.63) is 52.8 Å². The summed E-state index contributed by atoms with van der Waals surface area (Å²) in [4.78, 5) is 24.0. The van der Waals surface area contributed by atoms with Crippen molar-refractivity contribution < 1.29 is 9.59 Å². The van der Waals surface area contributed by atoms with Gasteiger partial charge in [-0.1, -0.05) is 32.9 Å². The lowest BCUT2D eigenvalue weighted by molar-refractivity contribution is -0.125. The number of hydrogen-bond acceptors (Lipinski definition) is 3. The molecule has 2 rings (SSSR count). The van der Waals surface area contributed by atoms with Crippen LogP contribution < -0.4 is 5.32 Å². The summed E-state index contributed by atoms with van der Waals surface area (Å²) in [6.45, 7) is 10.2. The van der Waals surface area contributed by atoms with Crippen LogP contribution in [0.15, 0.2) is 30.3 Å². The van der Waals surface area contributed by atoms with Crippen LogP contribution in [0.4, 0.5) is 0 Å². The lowest BCUT2D eigenvalue weighted by atomic mass is 9.91. The van der Waals surface area contributed by atoms with Crippen molar-refractivity contribution >= 4 is 11.7 Å². The standard InChI is InChI=1S/C19H25N3O2/c1-13-10-14(2)22(21-13)12-15-6-8-16(9-7-15)18(24)20-11-17(23)19(3,4)5/h6-10H,11-12H2,1-5H3,(H,20,24). The minimum absolute atomic E-state index is 0.0111. The van der Waals surface area contributed by atoms with E-state index in [0.29, 0.717) is 12.1 Å². The lowest BCUT2D eigenvalue weighted by Gasteiger charge is -2.16. The zero-order valence-electron chi connectivity index (χ0n) is 15.0. The number of aryl methyl sites for hydroxylation is 2. The van der Waals surface area contributed by atoms with Crippen LogP contribution in [0.5, 0.6) is 0 Å². The van der Waals surface area contributed by atoms with E-state index < -0.39 is 5.41 Å². The number of rotatable bonds is 5. The first-order valence-corrected chi connectivity index (χ1v) is 8.08. The molecule has 0 bridgehead atoms. The fraction of sp³-hybridized carbons (Fsp3) is 0.421. The van der Waals surface area contributed by atoms with Crippen molar-refractivity contribution in [2.75, 3.05) is 6.54 Å². The van der Waals surface area contributed by atoms with Gasteiger partial charge in [0.1, 0.15) is 0 Å². The van der Waals surface area contributed by atoms with E-state index >= 15 is 0 Å². The lowest BCUT2D eigenvalue weighted by Crippen LogP contribution is -2.35. The van der Waals surface area contributed by atoms with E-state index in [-0.39, 0.29) is 18.2 Å². The van der Waals surface area contributed by atoms with Crippen molar-refractivity contribution in [2.24, 2.45) is 5.41 Å². The molecule has 128 valence electrons. The maximum absolute atomic E-state index is 12.1. The van der Waals surface area contributed by atoms with Crippen LogP contribution in [-0.4, -0.2) is 28.0 Å². The number of carbonyl (C=O) groups excluding carboxylic acids is 2. The number of carbonyl (C=O) groups is 2. The molecule has 5 nitrogen and oxygen atoms in total. The zero-order chi connectivity index (χ0) is 17.9. The number of ketones is 1. The van der Waals surface area contributed by atoms with Crippen LogP contribution in [0.1, 0.15) is 48.1 Å². The molecule has 0 atom stereocenters. The van der Waals surface area contributed by atoms with Crippen LogP contribution in [0.3, 0.4) is 0 Å². The first kappa shape index (κ1) is 17.9. The quantitative estimate of drug-likeness (QED) is 0.918. The molecule has 0 spiro atoms. The second-order valence-electron chi connectivity index (χ2n) is 7.14. The monoisotopic (exact) mass is 327 g/mol. The fourth-order valence-electron chi connectivity index (χ4n) is 2.30. The van der Waals surface area contributed by atoms with Crippen LogP contribution in [-0.2, 0) is 11.3 Å². The maximum Gasteiger partial charge on any atom is 0.251 e. The summed E-state index contributed by atoms with van der Waals surface area (Å²) in [7, 11) is 0. The molecule has 1 N–H and O–H groups in total. The Bertz CT molecular complexity index is 737. The van der Waals surface area contributed by atoms with Gasteiger partial charge in [0, 0.05) is 16.7 Å². The van der Waals surface area contributed by atoms with Crippen LogP contribution in [0.2, 0.25) is 0 Å². The molecule has 1 heterocycles. The van der Waals surface area contributed by atoms with Crippen molar-refractivity contribution in [1.29, 1.82) is 0 Å². The topological polar surface area (TPSA) is 64.0 Å². The highest BCUT2D eigenvalue weighted by Crippen LogP contribution is 2.14. The molecular formula is C19H25N3O2. The van der Waals surface area contributed by atoms with Crippen molar-refractivity contribution in [2.45, 2.75) is 41.2 Å². The molecule has 2 aromatic rings. The van der Waals surface area contributed by atoms with E-state index in [4.69, 9.17) is 0 Å². The van der Waals surface area contributed by atoms with Crippen LogP contribution in [0.25, 0.3) is 0 Å². The fourth-order valence-corrected chi connectivity index (χ4v) is 2.30. The van der Waals surface area contributed by atoms with Crippen molar-refractivity contribution in [3.8, 4) is 0 Å². The number of nitrogens with one attached hydrogen (secondary N) is 1. The second kappa shape index (κ2) is 6.99. The van der Waals surface area contributed by atoms with E-state index in [0.717, 1.165) is 17.0 Å². The van der Waals surface area contributed by atoms with Gasteiger partial charge in [0.25, 0.3) is 5.91 Å². The van der Waals surface area contributed by atoms with Crippen molar-refractivity contribution in [3.63, 3.8) is 0 Å². The first-order chi connectivity index (χ1) is 11.2. The molecule has 0 unspecified atom stereocenters. The van der Waals surface area contributed by atoms with Gasteiger partial charge < -0.3 is 5.32 Å². The predicted molar refractivity (Wildman–Crippen MR) is 94.0 cm³/mol. The third-order valence-corrected chi connectivity index (χ3v) is 3.90. The third kappa shape index (κ3) is 4.54. The maximum atomic E-state index is 12.1. The van der Waals surface area contributed by atoms with Gasteiger partial charge in [0.05, 0.1) is 18.8 Å².